The summed E-state index contributed by atoms with van der Waals surface area (Å²) < 4.78 is 58.4. The summed E-state index contributed by atoms with van der Waals surface area (Å²) >= 11 is 3.08. The van der Waals surface area contributed by atoms with Crippen LogP contribution < -0.4 is 5.14 Å². The lowest BCUT2D eigenvalue weighted by molar-refractivity contribution is 0.189. The maximum Gasteiger partial charge on any atom is 0.276 e. The van der Waals surface area contributed by atoms with Gasteiger partial charge in [0.2, 0.25) is 0 Å². The molecule has 146 valence electrons. The van der Waals surface area contributed by atoms with Crippen LogP contribution in [0.25, 0.3) is 0 Å². The molecular weight excluding hydrogens is 445 g/mol. The first kappa shape index (κ1) is 17.2. The van der Waals surface area contributed by atoms with Crippen LogP contribution in [0.4, 0.5) is 4.39 Å². The third-order valence-electron chi connectivity index (χ3n) is 4.07. The van der Waals surface area contributed by atoms with E-state index >= 15 is 0 Å². The van der Waals surface area contributed by atoms with Gasteiger partial charge in [-0.05, 0) is 57.5 Å². The molecule has 0 aliphatic carbocycles. The smallest absolute Gasteiger partial charge is 0.276 e. The summed E-state index contributed by atoms with van der Waals surface area (Å²) in [6.45, 7) is -0.0893. The highest BCUT2D eigenvalue weighted by Crippen LogP contribution is 2.24. The number of halogens is 2. The Morgan fingerprint density at radius 3 is 2.89 bits per heavy atom. The maximum atomic E-state index is 13.4. The Hall–Kier alpha value is -1.89. The Morgan fingerprint density at radius 2 is 2.26 bits per heavy atom. The molecule has 0 saturated carbocycles. The molecule has 0 spiro atoms. The van der Waals surface area contributed by atoms with Crippen molar-refractivity contribution in [3.05, 3.63) is 45.4 Å². The first-order valence-electron chi connectivity index (χ1n) is 8.76. The molecular formula is C15H17BrFN5O4S. The Balaban J connectivity index is 1.75. The second-order valence-electron chi connectivity index (χ2n) is 5.97. The fraction of sp³-hybridized carbons (Fsp3) is 0.400. The lowest BCUT2D eigenvalue weighted by atomic mass is 9.95. The minimum Gasteiger partial charge on any atom is -0.411 e. The number of hydrogen-bond acceptors (Lipinski definition) is 7. The summed E-state index contributed by atoms with van der Waals surface area (Å²) in [4.78, 5) is 0. The van der Waals surface area contributed by atoms with Gasteiger partial charge in [-0.15, -0.1) is 0 Å². The number of benzene rings is 1. The molecule has 1 aromatic heterocycles. The monoisotopic (exact) mass is 463 g/mol. The number of nitrogens with two attached hydrogens (primary N) is 1. The van der Waals surface area contributed by atoms with E-state index in [0.29, 0.717) is 5.56 Å². The van der Waals surface area contributed by atoms with Crippen molar-refractivity contribution in [3.8, 4) is 0 Å². The van der Waals surface area contributed by atoms with Crippen LogP contribution in [-0.4, -0.2) is 47.0 Å². The van der Waals surface area contributed by atoms with E-state index in [0.717, 1.165) is 4.31 Å². The lowest BCUT2D eigenvalue weighted by Gasteiger charge is -2.36. The van der Waals surface area contributed by atoms with Crippen molar-refractivity contribution in [2.24, 2.45) is 16.2 Å². The maximum absolute atomic E-state index is 13.4. The molecule has 0 amide bonds. The van der Waals surface area contributed by atoms with Crippen LogP contribution in [0.1, 0.15) is 26.1 Å². The third-order valence-corrected chi connectivity index (χ3v) is 5.70. The zero-order chi connectivity index (χ0) is 21.4. The van der Waals surface area contributed by atoms with Gasteiger partial charge >= 0.3 is 0 Å². The van der Waals surface area contributed by atoms with Gasteiger partial charge in [-0.2, -0.15) is 12.7 Å². The zero-order valence-corrected chi connectivity index (χ0v) is 16.2. The van der Waals surface area contributed by atoms with Crippen LogP contribution in [0.15, 0.2) is 32.5 Å². The average Bonchev–Trinajstić information content (AvgIpc) is 2.99. The van der Waals surface area contributed by atoms with Crippen LogP contribution in [0.2, 0.25) is 0 Å². The van der Waals surface area contributed by atoms with E-state index in [1.54, 1.807) is 0 Å². The van der Waals surface area contributed by atoms with Crippen LogP contribution >= 0.6 is 15.9 Å². The highest BCUT2D eigenvalue weighted by atomic mass is 79.9. The van der Waals surface area contributed by atoms with Gasteiger partial charge in [-0.25, -0.2) is 14.2 Å². The summed E-state index contributed by atoms with van der Waals surface area (Å²) in [7, 11) is -3.85. The van der Waals surface area contributed by atoms with Gasteiger partial charge in [0, 0.05) is 22.3 Å². The third kappa shape index (κ3) is 4.69. The first-order valence-corrected chi connectivity index (χ1v) is 10.1. The number of aromatic nitrogens is 2. The fourth-order valence-electron chi connectivity index (χ4n) is 2.57. The van der Waals surface area contributed by atoms with Crippen LogP contribution in [0.5, 0.6) is 0 Å². The summed E-state index contributed by atoms with van der Waals surface area (Å²) in [6.07, 6.45) is -1.99. The predicted molar refractivity (Wildman–Crippen MR) is 96.9 cm³/mol. The molecule has 9 nitrogen and oxygen atoms in total. The van der Waals surface area contributed by atoms with Crippen molar-refractivity contribution in [2.75, 3.05) is 13.1 Å². The van der Waals surface area contributed by atoms with Gasteiger partial charge in [0.05, 0.1) is 4.47 Å². The number of rotatable bonds is 7. The van der Waals surface area contributed by atoms with E-state index in [9.17, 15) is 18.0 Å². The zero-order valence-electron chi connectivity index (χ0n) is 15.8. The summed E-state index contributed by atoms with van der Waals surface area (Å²) in [5.74, 6) is -1.03. The highest BCUT2D eigenvalue weighted by molar-refractivity contribution is 9.10. The van der Waals surface area contributed by atoms with Crippen molar-refractivity contribution < 1.29 is 25.4 Å². The molecule has 3 rings (SSSR count). The van der Waals surface area contributed by atoms with Crippen molar-refractivity contribution in [1.29, 1.82) is 0 Å². The molecule has 1 aliphatic heterocycles. The molecule has 2 aromatic rings. The van der Waals surface area contributed by atoms with Crippen LogP contribution in [0.3, 0.4) is 0 Å². The molecule has 0 bridgehead atoms. The van der Waals surface area contributed by atoms with E-state index in [2.05, 4.69) is 31.4 Å². The van der Waals surface area contributed by atoms with Gasteiger partial charge in [-0.3, -0.25) is 0 Å². The van der Waals surface area contributed by atoms with Gasteiger partial charge in [0.25, 0.3) is 10.2 Å². The Labute approximate surface area is 166 Å². The molecule has 0 radical (unpaired) electrons. The number of hydrogen-bond donors (Lipinski definition) is 2. The first-order chi connectivity index (χ1) is 13.5. The molecule has 3 N–H and O–H groups in total. The van der Waals surface area contributed by atoms with Crippen molar-refractivity contribution in [3.63, 3.8) is 0 Å². The van der Waals surface area contributed by atoms with Crippen LogP contribution in [0, 0.1) is 11.7 Å². The average molecular weight is 464 g/mol. The van der Waals surface area contributed by atoms with E-state index in [-0.39, 0.29) is 47.5 Å². The second kappa shape index (κ2) is 8.00. The Kier molecular flexibility index (Phi) is 5.11. The highest BCUT2D eigenvalue weighted by Gasteiger charge is 2.33. The van der Waals surface area contributed by atoms with E-state index in [1.807, 2.05) is 0 Å². The molecule has 27 heavy (non-hydrogen) atoms. The lowest BCUT2D eigenvalue weighted by Crippen LogP contribution is -2.52. The quantitative estimate of drug-likeness (QED) is 0.362. The molecule has 0 atom stereocenters. The topological polar surface area (TPSA) is 135 Å². The SMILES string of the molecule is [2H]C([2H])(Cc1nonc1/C(Cc1ccc(F)c(Br)c1)=N/O)C1CN(S(N)(=O)=O)C1. The summed E-state index contributed by atoms with van der Waals surface area (Å²) in [5.41, 5.74) is 0.874. The fourth-order valence-corrected chi connectivity index (χ4v) is 3.77. The molecule has 1 aliphatic rings. The van der Waals surface area contributed by atoms with Gasteiger partial charge in [-0.1, -0.05) is 16.4 Å². The Morgan fingerprint density at radius 1 is 1.52 bits per heavy atom. The standard InChI is InChI=1S/C15H17BrFN5O4S/c16-11-5-9(1-3-12(11)17)6-14(19-23)15-13(20-26-21-15)4-2-10-7-22(8-10)27(18,24)25/h1,3,5,10,23H,2,4,6-8H2,(H2,18,24,25)/b19-14+/i2D2. The van der Waals surface area contributed by atoms with E-state index in [4.69, 9.17) is 12.5 Å². The summed E-state index contributed by atoms with van der Waals surface area (Å²) in [5, 5.41) is 25.1. The van der Waals surface area contributed by atoms with Crippen molar-refractivity contribution >= 4 is 31.9 Å². The van der Waals surface area contributed by atoms with Gasteiger partial charge < -0.3 is 5.21 Å². The number of oxime groups is 1. The molecule has 12 heteroatoms. The molecule has 1 fully saturated rings. The minimum atomic E-state index is -3.85. The van der Waals surface area contributed by atoms with Crippen molar-refractivity contribution in [1.82, 2.24) is 14.6 Å². The van der Waals surface area contributed by atoms with E-state index < -0.39 is 28.3 Å². The largest absolute Gasteiger partial charge is 0.411 e. The molecule has 2 heterocycles. The van der Waals surface area contributed by atoms with Gasteiger partial charge in [0.15, 0.2) is 5.69 Å². The summed E-state index contributed by atoms with van der Waals surface area (Å²) in [6, 6.07) is 4.28. The second-order valence-corrected chi connectivity index (χ2v) is 8.37. The Bertz CT molecular complexity index is 1040. The van der Waals surface area contributed by atoms with Crippen molar-refractivity contribution in [2.45, 2.75) is 19.2 Å². The van der Waals surface area contributed by atoms with E-state index in [1.165, 1.54) is 18.2 Å². The predicted octanol–water partition coefficient (Wildman–Crippen LogP) is 1.46. The number of aryl methyl sites for hydroxylation is 1. The number of nitrogens with zero attached hydrogens (tertiary/aromatic N) is 4. The molecule has 1 aromatic carbocycles. The normalized spacial score (nSPS) is 18.1. The molecule has 0 unspecified atom stereocenters. The van der Waals surface area contributed by atoms with Crippen LogP contribution in [-0.2, 0) is 23.1 Å². The molecule has 1 saturated heterocycles. The van der Waals surface area contributed by atoms with Gasteiger partial charge in [0.1, 0.15) is 17.2 Å². The minimum absolute atomic E-state index is 0.0446.